The fourth-order valence-corrected chi connectivity index (χ4v) is 2.15. The Kier molecular flexibility index (Phi) is 5.46. The van der Waals surface area contributed by atoms with Crippen molar-refractivity contribution in [3.8, 4) is 6.07 Å². The van der Waals surface area contributed by atoms with Gasteiger partial charge >= 0.3 is 0 Å². The van der Waals surface area contributed by atoms with Crippen LogP contribution >= 0.6 is 11.6 Å². The Balaban J connectivity index is 2.89. The van der Waals surface area contributed by atoms with Crippen molar-refractivity contribution in [1.82, 2.24) is 5.32 Å². The first-order valence-electron chi connectivity index (χ1n) is 6.07. The zero-order chi connectivity index (χ0) is 13.7. The van der Waals surface area contributed by atoms with Crippen molar-refractivity contribution in [2.45, 2.75) is 19.9 Å². The van der Waals surface area contributed by atoms with E-state index in [0.717, 1.165) is 16.3 Å². The van der Waals surface area contributed by atoms with Crippen LogP contribution in [0.2, 0.25) is 5.02 Å². The summed E-state index contributed by atoms with van der Waals surface area (Å²) < 4.78 is 0. The van der Waals surface area contributed by atoms with Crippen molar-refractivity contribution in [2.75, 3.05) is 25.5 Å². The lowest BCUT2D eigenvalue weighted by Crippen LogP contribution is -2.23. The number of anilines is 1. The molecule has 0 saturated carbocycles. The molecule has 0 fully saturated rings. The summed E-state index contributed by atoms with van der Waals surface area (Å²) in [6, 6.07) is 8.56. The molecule has 0 aliphatic heterocycles. The topological polar surface area (TPSA) is 39.1 Å². The second-order valence-corrected chi connectivity index (χ2v) is 5.04. The van der Waals surface area contributed by atoms with Crippen LogP contribution in [0.4, 0.5) is 5.69 Å². The van der Waals surface area contributed by atoms with Gasteiger partial charge in [-0.1, -0.05) is 17.7 Å². The maximum Gasteiger partial charge on any atom is 0.0671 e. The van der Waals surface area contributed by atoms with Crippen LogP contribution in [0.25, 0.3) is 0 Å². The van der Waals surface area contributed by atoms with Crippen molar-refractivity contribution in [3.05, 3.63) is 28.8 Å². The molecule has 0 radical (unpaired) electrons. The zero-order valence-electron chi connectivity index (χ0n) is 11.4. The molecule has 18 heavy (non-hydrogen) atoms. The molecule has 1 rings (SSSR count). The molecule has 0 aliphatic carbocycles. The molecule has 1 N–H and O–H groups in total. The van der Waals surface area contributed by atoms with Crippen molar-refractivity contribution < 1.29 is 0 Å². The first kappa shape index (κ1) is 14.8. The number of hydrogen-bond donors (Lipinski definition) is 1. The maximum atomic E-state index is 8.83. The van der Waals surface area contributed by atoms with Crippen LogP contribution in [0, 0.1) is 17.2 Å². The number of hydrogen-bond acceptors (Lipinski definition) is 3. The third-order valence-electron chi connectivity index (χ3n) is 3.08. The summed E-state index contributed by atoms with van der Waals surface area (Å²) >= 11 is 6.30. The van der Waals surface area contributed by atoms with Gasteiger partial charge in [0.1, 0.15) is 0 Å². The van der Waals surface area contributed by atoms with Gasteiger partial charge in [-0.15, -0.1) is 0 Å². The van der Waals surface area contributed by atoms with Crippen LogP contribution in [0.15, 0.2) is 18.2 Å². The molecular weight excluding hydrogens is 246 g/mol. The minimum Gasteiger partial charge on any atom is -0.372 e. The Bertz CT molecular complexity index is 439. The Hall–Kier alpha value is -1.24. The van der Waals surface area contributed by atoms with E-state index in [4.69, 9.17) is 16.9 Å². The van der Waals surface area contributed by atoms with E-state index in [9.17, 15) is 0 Å². The van der Waals surface area contributed by atoms with Crippen LogP contribution in [0.3, 0.4) is 0 Å². The van der Waals surface area contributed by atoms with Gasteiger partial charge < -0.3 is 10.2 Å². The Morgan fingerprint density at radius 2 is 2.11 bits per heavy atom. The fraction of sp³-hybridized carbons (Fsp3) is 0.500. The molecule has 0 spiro atoms. The predicted octanol–water partition coefficient (Wildman–Crippen LogP) is 3.22. The molecule has 0 heterocycles. The highest BCUT2D eigenvalue weighted by Crippen LogP contribution is 2.28. The van der Waals surface area contributed by atoms with Gasteiger partial charge in [0.05, 0.1) is 22.7 Å². The highest BCUT2D eigenvalue weighted by atomic mass is 35.5. The normalized spacial score (nSPS) is 13.8. The summed E-state index contributed by atoms with van der Waals surface area (Å²) in [5.41, 5.74) is 2.12. The minimum absolute atomic E-state index is 0.0121. The number of nitrogens with zero attached hydrogens (tertiary/aromatic N) is 2. The summed E-state index contributed by atoms with van der Waals surface area (Å²) in [7, 11) is 3.88. The van der Waals surface area contributed by atoms with E-state index in [1.54, 1.807) is 0 Å². The average molecular weight is 266 g/mol. The van der Waals surface area contributed by atoms with Gasteiger partial charge in [-0.05, 0) is 38.6 Å². The molecule has 4 heteroatoms. The SMILES string of the molecule is CNC(C)c1ccc(N(C)CC(C)C#N)c(Cl)c1. The van der Waals surface area contributed by atoms with E-state index in [1.807, 2.05) is 38.1 Å². The average Bonchev–Trinajstić information content (AvgIpc) is 2.37. The molecule has 2 atom stereocenters. The lowest BCUT2D eigenvalue weighted by Gasteiger charge is -2.22. The third kappa shape index (κ3) is 3.63. The van der Waals surface area contributed by atoms with Crippen LogP contribution in [0.1, 0.15) is 25.5 Å². The lowest BCUT2D eigenvalue weighted by atomic mass is 10.1. The molecule has 0 amide bonds. The van der Waals surface area contributed by atoms with Crippen molar-refractivity contribution in [1.29, 1.82) is 5.26 Å². The van der Waals surface area contributed by atoms with E-state index in [0.29, 0.717) is 6.54 Å². The molecule has 0 saturated heterocycles. The smallest absolute Gasteiger partial charge is 0.0671 e. The van der Waals surface area contributed by atoms with Crippen molar-refractivity contribution in [3.63, 3.8) is 0 Å². The van der Waals surface area contributed by atoms with E-state index in [1.165, 1.54) is 0 Å². The van der Waals surface area contributed by atoms with Crippen LogP contribution in [-0.4, -0.2) is 20.6 Å². The first-order valence-corrected chi connectivity index (χ1v) is 6.44. The van der Waals surface area contributed by atoms with Gasteiger partial charge in [0.25, 0.3) is 0 Å². The molecular formula is C14H20ClN3. The van der Waals surface area contributed by atoms with Crippen LogP contribution in [0.5, 0.6) is 0 Å². The Morgan fingerprint density at radius 1 is 1.44 bits per heavy atom. The maximum absolute atomic E-state index is 8.83. The van der Waals surface area contributed by atoms with Crippen molar-refractivity contribution in [2.24, 2.45) is 5.92 Å². The quantitative estimate of drug-likeness (QED) is 0.889. The molecule has 0 aliphatic rings. The van der Waals surface area contributed by atoms with Crippen LogP contribution in [-0.2, 0) is 0 Å². The molecule has 0 aromatic heterocycles. The van der Waals surface area contributed by atoms with Gasteiger partial charge in [-0.3, -0.25) is 0 Å². The number of halogens is 1. The third-order valence-corrected chi connectivity index (χ3v) is 3.39. The van der Waals surface area contributed by atoms with E-state index >= 15 is 0 Å². The summed E-state index contributed by atoms with van der Waals surface area (Å²) in [6.07, 6.45) is 0. The minimum atomic E-state index is -0.0121. The highest BCUT2D eigenvalue weighted by molar-refractivity contribution is 6.33. The molecule has 3 nitrogen and oxygen atoms in total. The summed E-state index contributed by atoms with van der Waals surface area (Å²) in [5, 5.41) is 12.7. The number of benzene rings is 1. The van der Waals surface area contributed by atoms with Gasteiger partial charge in [-0.25, -0.2) is 0 Å². The molecule has 98 valence electrons. The van der Waals surface area contributed by atoms with Crippen LogP contribution < -0.4 is 10.2 Å². The molecule has 1 aromatic carbocycles. The summed E-state index contributed by atoms with van der Waals surface area (Å²) in [4.78, 5) is 2.02. The second-order valence-electron chi connectivity index (χ2n) is 4.63. The monoisotopic (exact) mass is 265 g/mol. The van der Waals surface area contributed by atoms with Gasteiger partial charge in [-0.2, -0.15) is 5.26 Å². The predicted molar refractivity (Wildman–Crippen MR) is 77.0 cm³/mol. The second kappa shape index (κ2) is 6.63. The summed E-state index contributed by atoms with van der Waals surface area (Å²) in [5.74, 6) is -0.0121. The molecule has 1 aromatic rings. The lowest BCUT2D eigenvalue weighted by molar-refractivity contribution is 0.652. The van der Waals surface area contributed by atoms with Crippen molar-refractivity contribution >= 4 is 17.3 Å². The number of nitriles is 1. The zero-order valence-corrected chi connectivity index (χ0v) is 12.1. The van der Waals surface area contributed by atoms with Gasteiger partial charge in [0.15, 0.2) is 0 Å². The molecule has 2 unspecified atom stereocenters. The Labute approximate surface area is 114 Å². The largest absolute Gasteiger partial charge is 0.372 e. The first-order chi connectivity index (χ1) is 8.49. The van der Waals surface area contributed by atoms with E-state index < -0.39 is 0 Å². The molecule has 0 bridgehead atoms. The summed E-state index contributed by atoms with van der Waals surface area (Å²) in [6.45, 7) is 4.67. The van der Waals surface area contributed by atoms with E-state index in [-0.39, 0.29) is 12.0 Å². The van der Waals surface area contributed by atoms with Gasteiger partial charge in [0.2, 0.25) is 0 Å². The van der Waals surface area contributed by atoms with Gasteiger partial charge in [0, 0.05) is 19.6 Å². The number of nitrogens with one attached hydrogen (secondary N) is 1. The highest BCUT2D eigenvalue weighted by Gasteiger charge is 2.11. The van der Waals surface area contributed by atoms with E-state index in [2.05, 4.69) is 24.4 Å². The fourth-order valence-electron chi connectivity index (χ4n) is 1.82. The number of rotatable bonds is 5. The Morgan fingerprint density at radius 3 is 2.61 bits per heavy atom. The standard InChI is InChI=1S/C14H20ClN3/c1-10(8-16)9-18(4)14-6-5-12(7-13(14)15)11(2)17-3/h5-7,10-11,17H,9H2,1-4H3.